The second-order valence-electron chi connectivity index (χ2n) is 4.76. The van der Waals surface area contributed by atoms with Crippen LogP contribution >= 0.6 is 0 Å². The third-order valence-electron chi connectivity index (χ3n) is 2.89. The summed E-state index contributed by atoms with van der Waals surface area (Å²) in [5.41, 5.74) is 1.08. The van der Waals surface area contributed by atoms with Crippen molar-refractivity contribution in [3.05, 3.63) is 23.8 Å². The van der Waals surface area contributed by atoms with Gasteiger partial charge in [-0.15, -0.1) is 0 Å². The highest BCUT2D eigenvalue weighted by molar-refractivity contribution is 5.77. The van der Waals surface area contributed by atoms with Crippen LogP contribution in [0, 0.1) is 6.92 Å². The van der Waals surface area contributed by atoms with Gasteiger partial charge < -0.3 is 19.5 Å². The number of amides is 1. The average molecular weight is 295 g/mol. The van der Waals surface area contributed by atoms with Crippen LogP contribution in [0.1, 0.15) is 25.3 Å². The first-order valence-electron chi connectivity index (χ1n) is 7.29. The van der Waals surface area contributed by atoms with Crippen molar-refractivity contribution in [3.63, 3.8) is 0 Å². The van der Waals surface area contributed by atoms with Gasteiger partial charge in [0.1, 0.15) is 0 Å². The van der Waals surface area contributed by atoms with Crippen molar-refractivity contribution in [1.29, 1.82) is 0 Å². The summed E-state index contributed by atoms with van der Waals surface area (Å²) < 4.78 is 16.0. The molecule has 1 aromatic rings. The van der Waals surface area contributed by atoms with E-state index in [2.05, 4.69) is 12.2 Å². The second-order valence-corrected chi connectivity index (χ2v) is 4.76. The number of ether oxygens (including phenoxy) is 3. The molecule has 1 rings (SSSR count). The molecule has 0 aliphatic heterocycles. The van der Waals surface area contributed by atoms with Crippen LogP contribution in [0.15, 0.2) is 18.2 Å². The summed E-state index contributed by atoms with van der Waals surface area (Å²) in [4.78, 5) is 11.6. The van der Waals surface area contributed by atoms with Crippen LogP contribution in [-0.2, 0) is 9.53 Å². The molecule has 0 saturated heterocycles. The predicted octanol–water partition coefficient (Wildman–Crippen LogP) is 2.32. The number of methoxy groups -OCH3 is 1. The van der Waals surface area contributed by atoms with E-state index >= 15 is 0 Å². The van der Waals surface area contributed by atoms with Gasteiger partial charge in [-0.3, -0.25) is 4.79 Å². The number of benzene rings is 1. The quantitative estimate of drug-likeness (QED) is 0.673. The fraction of sp³-hybridized carbons (Fsp3) is 0.562. The summed E-state index contributed by atoms with van der Waals surface area (Å²) in [7, 11) is 1.58. The van der Waals surface area contributed by atoms with Gasteiger partial charge in [-0.25, -0.2) is 0 Å². The van der Waals surface area contributed by atoms with Crippen LogP contribution in [-0.4, -0.2) is 39.4 Å². The van der Waals surface area contributed by atoms with Gasteiger partial charge in [0.2, 0.25) is 0 Å². The molecule has 0 aliphatic carbocycles. The molecule has 0 saturated carbocycles. The van der Waals surface area contributed by atoms with Crippen molar-refractivity contribution >= 4 is 5.91 Å². The molecule has 1 N–H and O–H groups in total. The highest BCUT2D eigenvalue weighted by Gasteiger charge is 2.07. The number of nitrogens with one attached hydrogen (secondary N) is 1. The average Bonchev–Trinajstić information content (AvgIpc) is 2.49. The van der Waals surface area contributed by atoms with Gasteiger partial charge in [-0.1, -0.05) is 19.4 Å². The lowest BCUT2D eigenvalue weighted by Crippen LogP contribution is -2.31. The number of unbranched alkanes of at least 4 members (excludes halogenated alkanes) is 1. The standard InChI is InChI=1S/C16H25NO4/c1-4-5-9-20-10-8-17-16(18)12-21-14-7-6-13(2)11-15(14)19-3/h6-7,11H,4-5,8-10,12H2,1-3H3,(H,17,18). The first-order valence-corrected chi connectivity index (χ1v) is 7.29. The molecule has 5 heteroatoms. The number of hydrogen-bond acceptors (Lipinski definition) is 4. The zero-order valence-electron chi connectivity index (χ0n) is 13.1. The van der Waals surface area contributed by atoms with Crippen molar-refractivity contribution in [1.82, 2.24) is 5.32 Å². The van der Waals surface area contributed by atoms with Crippen LogP contribution in [0.5, 0.6) is 11.5 Å². The Morgan fingerprint density at radius 1 is 1.24 bits per heavy atom. The highest BCUT2D eigenvalue weighted by Crippen LogP contribution is 2.27. The van der Waals surface area contributed by atoms with E-state index < -0.39 is 0 Å². The normalized spacial score (nSPS) is 10.2. The molecule has 0 spiro atoms. The van der Waals surface area contributed by atoms with E-state index in [4.69, 9.17) is 14.2 Å². The van der Waals surface area contributed by atoms with Crippen molar-refractivity contribution in [3.8, 4) is 11.5 Å². The summed E-state index contributed by atoms with van der Waals surface area (Å²) >= 11 is 0. The van der Waals surface area contributed by atoms with E-state index in [-0.39, 0.29) is 12.5 Å². The largest absolute Gasteiger partial charge is 0.493 e. The summed E-state index contributed by atoms with van der Waals surface area (Å²) in [5.74, 6) is 1.03. The zero-order valence-corrected chi connectivity index (χ0v) is 13.1. The van der Waals surface area contributed by atoms with Gasteiger partial charge in [-0.05, 0) is 31.0 Å². The molecule has 1 amide bonds. The number of hydrogen-bond donors (Lipinski definition) is 1. The molecule has 1 aromatic carbocycles. The minimum absolute atomic E-state index is 0.0334. The Bertz CT molecular complexity index is 434. The molecule has 118 valence electrons. The van der Waals surface area contributed by atoms with E-state index in [9.17, 15) is 4.79 Å². The number of aryl methyl sites for hydroxylation is 1. The Morgan fingerprint density at radius 2 is 2.05 bits per heavy atom. The molecule has 0 aromatic heterocycles. The molecule has 0 fully saturated rings. The fourth-order valence-corrected chi connectivity index (χ4v) is 1.70. The molecule has 5 nitrogen and oxygen atoms in total. The van der Waals surface area contributed by atoms with Crippen molar-refractivity contribution in [2.75, 3.05) is 33.5 Å². The maximum Gasteiger partial charge on any atom is 0.258 e. The van der Waals surface area contributed by atoms with Crippen LogP contribution < -0.4 is 14.8 Å². The number of carbonyl (C=O) groups is 1. The lowest BCUT2D eigenvalue weighted by atomic mass is 10.2. The zero-order chi connectivity index (χ0) is 15.5. The molecule has 0 unspecified atom stereocenters. The third kappa shape index (κ3) is 6.99. The predicted molar refractivity (Wildman–Crippen MR) is 82.0 cm³/mol. The van der Waals surface area contributed by atoms with E-state index in [0.29, 0.717) is 24.7 Å². The Morgan fingerprint density at radius 3 is 2.76 bits per heavy atom. The van der Waals surface area contributed by atoms with Crippen molar-refractivity contribution < 1.29 is 19.0 Å². The minimum Gasteiger partial charge on any atom is -0.493 e. The third-order valence-corrected chi connectivity index (χ3v) is 2.89. The van der Waals surface area contributed by atoms with Crippen LogP contribution in [0.2, 0.25) is 0 Å². The molecule has 0 heterocycles. The van der Waals surface area contributed by atoms with Crippen LogP contribution in [0.4, 0.5) is 0 Å². The topological polar surface area (TPSA) is 56.8 Å². The monoisotopic (exact) mass is 295 g/mol. The van der Waals surface area contributed by atoms with Gasteiger partial charge >= 0.3 is 0 Å². The SMILES string of the molecule is CCCCOCCNC(=O)COc1ccc(C)cc1OC. The molecule has 0 bridgehead atoms. The maximum absolute atomic E-state index is 11.6. The van der Waals surface area contributed by atoms with Crippen molar-refractivity contribution in [2.45, 2.75) is 26.7 Å². The van der Waals surface area contributed by atoms with Gasteiger partial charge in [-0.2, -0.15) is 0 Å². The molecule has 0 atom stereocenters. The summed E-state index contributed by atoms with van der Waals surface area (Å²) in [6, 6.07) is 5.58. The molecule has 0 aliphatic rings. The van der Waals surface area contributed by atoms with E-state index in [1.807, 2.05) is 19.1 Å². The van der Waals surface area contributed by atoms with E-state index in [1.165, 1.54) is 0 Å². The van der Waals surface area contributed by atoms with Gasteiger partial charge in [0.25, 0.3) is 5.91 Å². The number of rotatable bonds is 10. The fourth-order valence-electron chi connectivity index (χ4n) is 1.70. The lowest BCUT2D eigenvalue weighted by molar-refractivity contribution is -0.123. The Hall–Kier alpha value is -1.75. The summed E-state index contributed by atoms with van der Waals surface area (Å²) in [5, 5.41) is 2.75. The highest BCUT2D eigenvalue weighted by atomic mass is 16.5. The van der Waals surface area contributed by atoms with E-state index in [0.717, 1.165) is 25.0 Å². The molecule has 0 radical (unpaired) electrons. The van der Waals surface area contributed by atoms with E-state index in [1.54, 1.807) is 13.2 Å². The second kappa shape index (κ2) is 10.0. The molecular weight excluding hydrogens is 270 g/mol. The smallest absolute Gasteiger partial charge is 0.258 e. The first kappa shape index (κ1) is 17.3. The van der Waals surface area contributed by atoms with Crippen LogP contribution in [0.25, 0.3) is 0 Å². The van der Waals surface area contributed by atoms with Gasteiger partial charge in [0, 0.05) is 13.2 Å². The maximum atomic E-state index is 11.6. The summed E-state index contributed by atoms with van der Waals surface area (Å²) in [6.45, 7) is 5.81. The lowest BCUT2D eigenvalue weighted by Gasteiger charge is -2.11. The van der Waals surface area contributed by atoms with Gasteiger partial charge in [0.05, 0.1) is 13.7 Å². The molecule has 21 heavy (non-hydrogen) atoms. The molecular formula is C16H25NO4. The summed E-state index contributed by atoms with van der Waals surface area (Å²) in [6.07, 6.45) is 2.16. The Balaban J connectivity index is 2.24. The Kier molecular flexibility index (Phi) is 8.28. The number of carbonyl (C=O) groups excluding carboxylic acids is 1. The van der Waals surface area contributed by atoms with Crippen LogP contribution in [0.3, 0.4) is 0 Å². The van der Waals surface area contributed by atoms with Gasteiger partial charge in [0.15, 0.2) is 18.1 Å². The Labute approximate surface area is 126 Å². The van der Waals surface area contributed by atoms with Crippen molar-refractivity contribution in [2.24, 2.45) is 0 Å². The first-order chi connectivity index (χ1) is 10.2. The minimum atomic E-state index is -0.170.